The van der Waals surface area contributed by atoms with E-state index in [9.17, 15) is 9.59 Å². The van der Waals surface area contributed by atoms with E-state index < -0.39 is 0 Å². The van der Waals surface area contributed by atoms with Gasteiger partial charge in [0.1, 0.15) is 0 Å². The second-order valence-corrected chi connectivity index (χ2v) is 8.56. The number of benzene rings is 1. The molecule has 1 saturated heterocycles. The first-order valence-corrected chi connectivity index (χ1v) is 11.4. The van der Waals surface area contributed by atoms with Crippen molar-refractivity contribution < 1.29 is 14.3 Å². The van der Waals surface area contributed by atoms with Gasteiger partial charge < -0.3 is 15.4 Å². The maximum absolute atomic E-state index is 12.6. The van der Waals surface area contributed by atoms with Gasteiger partial charge in [0.05, 0.1) is 29.7 Å². The molecule has 0 radical (unpaired) electrons. The van der Waals surface area contributed by atoms with Crippen molar-refractivity contribution in [3.05, 3.63) is 29.8 Å². The molecule has 2 aromatic rings. The smallest absolute Gasteiger partial charge is 0.253 e. The van der Waals surface area contributed by atoms with E-state index in [0.717, 1.165) is 45.1 Å². The van der Waals surface area contributed by atoms with E-state index in [1.165, 1.54) is 11.8 Å². The van der Waals surface area contributed by atoms with Crippen LogP contribution in [0.3, 0.4) is 0 Å². The number of para-hydroxylation sites is 1. The molecule has 4 rings (SSSR count). The highest BCUT2D eigenvalue weighted by atomic mass is 32.2. The van der Waals surface area contributed by atoms with Crippen molar-refractivity contribution in [1.82, 2.24) is 25.5 Å². The molecular weight excluding hydrogens is 404 g/mol. The van der Waals surface area contributed by atoms with Crippen LogP contribution in [-0.2, 0) is 16.1 Å². The highest BCUT2D eigenvalue weighted by molar-refractivity contribution is 7.99. The van der Waals surface area contributed by atoms with Crippen LogP contribution in [0.25, 0.3) is 0 Å². The van der Waals surface area contributed by atoms with Gasteiger partial charge in [-0.15, -0.1) is 5.10 Å². The summed E-state index contributed by atoms with van der Waals surface area (Å²) in [6.07, 6.45) is 6.47. The van der Waals surface area contributed by atoms with Gasteiger partial charge in [-0.3, -0.25) is 9.59 Å². The van der Waals surface area contributed by atoms with Crippen LogP contribution in [-0.4, -0.2) is 56.5 Å². The predicted molar refractivity (Wildman–Crippen MR) is 112 cm³/mol. The number of hydrogen-bond acceptors (Lipinski definition) is 7. The van der Waals surface area contributed by atoms with Crippen LogP contribution in [0.2, 0.25) is 0 Å². The van der Waals surface area contributed by atoms with E-state index in [1.54, 1.807) is 28.9 Å². The van der Waals surface area contributed by atoms with Gasteiger partial charge in [0, 0.05) is 12.6 Å². The Morgan fingerprint density at radius 3 is 2.80 bits per heavy atom. The topological polar surface area (TPSA) is 111 Å². The monoisotopic (exact) mass is 430 g/mol. The Balaban J connectivity index is 1.32. The van der Waals surface area contributed by atoms with Gasteiger partial charge in [-0.25, -0.2) is 4.68 Å². The molecule has 30 heavy (non-hydrogen) atoms. The van der Waals surface area contributed by atoms with Crippen LogP contribution in [0.5, 0.6) is 0 Å². The molecule has 2 N–H and O–H groups in total. The Bertz CT molecular complexity index is 877. The highest BCUT2D eigenvalue weighted by Crippen LogP contribution is 2.22. The molecule has 9 nitrogen and oxygen atoms in total. The summed E-state index contributed by atoms with van der Waals surface area (Å²) in [7, 11) is 0. The Morgan fingerprint density at radius 1 is 1.17 bits per heavy atom. The summed E-state index contributed by atoms with van der Waals surface area (Å²) in [4.78, 5) is 25.2. The highest BCUT2D eigenvalue weighted by Gasteiger charge is 2.21. The van der Waals surface area contributed by atoms with Gasteiger partial charge in [0.15, 0.2) is 0 Å². The third kappa shape index (κ3) is 5.37. The summed E-state index contributed by atoms with van der Waals surface area (Å²) < 4.78 is 7.30. The summed E-state index contributed by atoms with van der Waals surface area (Å²) in [6, 6.07) is 7.30. The van der Waals surface area contributed by atoms with Crippen molar-refractivity contribution in [2.75, 3.05) is 17.7 Å². The molecule has 1 unspecified atom stereocenters. The quantitative estimate of drug-likeness (QED) is 0.618. The number of ether oxygens (including phenoxy) is 1. The van der Waals surface area contributed by atoms with Crippen molar-refractivity contribution >= 4 is 29.3 Å². The van der Waals surface area contributed by atoms with Crippen LogP contribution in [0.1, 0.15) is 48.9 Å². The van der Waals surface area contributed by atoms with Crippen LogP contribution in [0.15, 0.2) is 29.4 Å². The summed E-state index contributed by atoms with van der Waals surface area (Å²) in [5, 5.41) is 18.2. The maximum Gasteiger partial charge on any atom is 0.253 e. The van der Waals surface area contributed by atoms with E-state index in [4.69, 9.17) is 4.74 Å². The average molecular weight is 431 g/mol. The lowest BCUT2D eigenvalue weighted by atomic mass is 10.1. The zero-order valence-electron chi connectivity index (χ0n) is 16.7. The zero-order chi connectivity index (χ0) is 20.8. The minimum absolute atomic E-state index is 0.118. The third-order valence-corrected chi connectivity index (χ3v) is 6.33. The number of hydrogen-bond donors (Lipinski definition) is 2. The predicted octanol–water partition coefficient (Wildman–Crippen LogP) is 2.26. The summed E-state index contributed by atoms with van der Waals surface area (Å²) in [6.45, 7) is 1.35. The van der Waals surface area contributed by atoms with E-state index in [1.807, 2.05) is 0 Å². The van der Waals surface area contributed by atoms with Gasteiger partial charge in [0.2, 0.25) is 11.1 Å². The molecular formula is C20H26N6O3S. The molecule has 1 aliphatic heterocycles. The normalized spacial score (nSPS) is 19.1. The average Bonchev–Trinajstić information content (AvgIpc) is 3.51. The van der Waals surface area contributed by atoms with E-state index in [0.29, 0.717) is 23.0 Å². The van der Waals surface area contributed by atoms with Gasteiger partial charge in [-0.2, -0.15) is 0 Å². The Kier molecular flexibility index (Phi) is 6.96. The number of nitrogens with zero attached hydrogens (tertiary/aromatic N) is 4. The van der Waals surface area contributed by atoms with Gasteiger partial charge >= 0.3 is 0 Å². The van der Waals surface area contributed by atoms with Gasteiger partial charge in [0.25, 0.3) is 5.91 Å². The molecule has 1 aliphatic carbocycles. The molecule has 0 spiro atoms. The lowest BCUT2D eigenvalue weighted by Crippen LogP contribution is -2.33. The van der Waals surface area contributed by atoms with Crippen LogP contribution >= 0.6 is 11.8 Å². The summed E-state index contributed by atoms with van der Waals surface area (Å²) in [5.74, 6) is -0.219. The first kappa shape index (κ1) is 20.8. The standard InChI is InChI=1S/C20H26N6O3S/c27-18(13-30-20-23-24-25-26(20)12-15-8-5-11-29-15)22-17-10-4-3-9-16(17)19(28)21-14-6-1-2-7-14/h3-4,9-10,14-15H,1-2,5-8,11-13H2,(H,21,28)(H,22,27). The molecule has 0 bridgehead atoms. The molecule has 160 valence electrons. The first-order valence-electron chi connectivity index (χ1n) is 10.4. The minimum atomic E-state index is -0.215. The number of nitrogens with one attached hydrogen (secondary N) is 2. The summed E-state index contributed by atoms with van der Waals surface area (Å²) >= 11 is 1.26. The molecule has 10 heteroatoms. The number of amides is 2. The molecule has 1 saturated carbocycles. The van der Waals surface area contributed by atoms with Crippen LogP contribution in [0.4, 0.5) is 5.69 Å². The maximum atomic E-state index is 12.6. The number of carbonyl (C=O) groups excluding carboxylic acids is 2. The fourth-order valence-corrected chi connectivity index (χ4v) is 4.52. The Hall–Kier alpha value is -2.46. The first-order chi connectivity index (χ1) is 14.7. The lowest BCUT2D eigenvalue weighted by molar-refractivity contribution is -0.113. The zero-order valence-corrected chi connectivity index (χ0v) is 17.6. The number of aromatic nitrogens is 4. The third-order valence-electron chi connectivity index (χ3n) is 5.37. The van der Waals surface area contributed by atoms with Crippen molar-refractivity contribution in [1.29, 1.82) is 0 Å². The number of rotatable bonds is 8. The Morgan fingerprint density at radius 2 is 2.00 bits per heavy atom. The van der Waals surface area contributed by atoms with Crippen molar-refractivity contribution in [3.63, 3.8) is 0 Å². The SMILES string of the molecule is O=C(CSc1nnnn1CC1CCCO1)Nc1ccccc1C(=O)NC1CCCC1. The Labute approximate surface area is 179 Å². The molecule has 2 amide bonds. The summed E-state index contributed by atoms with van der Waals surface area (Å²) in [5.41, 5.74) is 0.989. The van der Waals surface area contributed by atoms with Gasteiger partial charge in [-0.1, -0.05) is 36.7 Å². The van der Waals surface area contributed by atoms with Crippen molar-refractivity contribution in [2.45, 2.75) is 62.4 Å². The largest absolute Gasteiger partial charge is 0.376 e. The van der Waals surface area contributed by atoms with Crippen molar-refractivity contribution in [2.24, 2.45) is 0 Å². The fraction of sp³-hybridized carbons (Fsp3) is 0.550. The number of carbonyl (C=O) groups is 2. The van der Waals surface area contributed by atoms with E-state index in [-0.39, 0.29) is 29.7 Å². The molecule has 1 aromatic carbocycles. The molecule has 1 aromatic heterocycles. The molecule has 2 fully saturated rings. The van der Waals surface area contributed by atoms with Crippen LogP contribution in [0, 0.1) is 0 Å². The van der Waals surface area contributed by atoms with Crippen molar-refractivity contribution in [3.8, 4) is 0 Å². The molecule has 2 aliphatic rings. The van der Waals surface area contributed by atoms with E-state index >= 15 is 0 Å². The molecule has 2 heterocycles. The lowest BCUT2D eigenvalue weighted by Gasteiger charge is -2.15. The fourth-order valence-electron chi connectivity index (χ4n) is 3.84. The molecule has 1 atom stereocenters. The number of anilines is 1. The second-order valence-electron chi connectivity index (χ2n) is 7.62. The van der Waals surface area contributed by atoms with E-state index in [2.05, 4.69) is 26.2 Å². The number of tetrazole rings is 1. The number of thioether (sulfide) groups is 1. The minimum Gasteiger partial charge on any atom is -0.376 e. The van der Waals surface area contributed by atoms with Crippen LogP contribution < -0.4 is 10.6 Å². The van der Waals surface area contributed by atoms with Gasteiger partial charge in [-0.05, 0) is 48.2 Å². The second kappa shape index (κ2) is 10.0.